The van der Waals surface area contributed by atoms with Crippen molar-refractivity contribution >= 4 is 59.0 Å². The predicted molar refractivity (Wildman–Crippen MR) is 230 cm³/mol. The molecule has 0 spiro atoms. The van der Waals surface area contributed by atoms with Crippen LogP contribution in [0.1, 0.15) is 0 Å². The Kier molecular flexibility index (Phi) is 39.0. The molecule has 0 radical (unpaired) electrons. The number of carbonyl (C=O) groups is 6. The van der Waals surface area contributed by atoms with Crippen LogP contribution in [0.25, 0.3) is 0 Å². The number of esters is 6. The van der Waals surface area contributed by atoms with Gasteiger partial charge in [0.25, 0.3) is 0 Å². The van der Waals surface area contributed by atoms with Gasteiger partial charge in [-0.05, 0) is 0 Å². The summed E-state index contributed by atoms with van der Waals surface area (Å²) in [4.78, 5) is 70.2. The molecule has 12 atom stereocenters. The Balaban J connectivity index is 4.21. The number of hydrogen-bond donors (Lipinski definition) is 13. The summed E-state index contributed by atoms with van der Waals surface area (Å²) >= 11 is 10.5. The maximum atomic E-state index is 12.1. The summed E-state index contributed by atoms with van der Waals surface area (Å²) in [5, 5.41) is 129. The molecule has 13 N–H and O–H groups in total. The first kappa shape index (κ1) is 68.6. The Labute approximate surface area is 420 Å². The molecular weight excluding hydrogens is 1040 g/mol. The van der Waals surface area contributed by atoms with Gasteiger partial charge < -0.3 is 123 Å². The van der Waals surface area contributed by atoms with E-state index >= 15 is 0 Å². The van der Waals surface area contributed by atoms with Gasteiger partial charge >= 0.3 is 35.8 Å². The predicted octanol–water partition coefficient (Wildman–Crippen LogP) is -9.49. The first-order chi connectivity index (χ1) is 34.0. The fourth-order valence-electron chi connectivity index (χ4n) is 4.50. The number of halogens is 2. The van der Waals surface area contributed by atoms with E-state index in [2.05, 4.69) is 28.4 Å². The lowest BCUT2D eigenvalue weighted by atomic mass is 10.2. The van der Waals surface area contributed by atoms with Gasteiger partial charge in [0.15, 0.2) is 24.4 Å². The molecule has 33 heteroatoms. The summed E-state index contributed by atoms with van der Waals surface area (Å²) in [5.41, 5.74) is 0. The molecule has 0 bridgehead atoms. The summed E-state index contributed by atoms with van der Waals surface area (Å²) in [5.74, 6) is -8.51. The van der Waals surface area contributed by atoms with Crippen LogP contribution in [-0.2, 0) is 85.6 Å². The molecule has 0 aromatic rings. The second kappa shape index (κ2) is 41.0. The number of hydrogen-bond acceptors (Lipinski definition) is 31. The third-order valence-corrected chi connectivity index (χ3v) is 8.49. The molecule has 31 nitrogen and oxygen atoms in total. The highest BCUT2D eigenvalue weighted by atomic mass is 35.5. The van der Waals surface area contributed by atoms with Crippen molar-refractivity contribution in [1.29, 1.82) is 0 Å². The van der Waals surface area contributed by atoms with Gasteiger partial charge in [0, 0.05) is 0 Å². The Morgan fingerprint density at radius 3 is 0.542 bits per heavy atom. The Bertz CT molecular complexity index is 1400. The Hall–Kier alpha value is -3.36. The van der Waals surface area contributed by atoms with Crippen molar-refractivity contribution < 1.29 is 152 Å². The minimum absolute atomic E-state index is 0.296. The maximum absolute atomic E-state index is 12.1. The summed E-state index contributed by atoms with van der Waals surface area (Å²) in [6.07, 6.45) is -22.2. The number of aliphatic hydroxyl groups is 13. The first-order valence-corrected chi connectivity index (χ1v) is 22.5. The molecular formula is C39H66Cl2O31. The molecule has 0 rings (SSSR count). The van der Waals surface area contributed by atoms with Crippen LogP contribution in [0.2, 0.25) is 0 Å². The molecule has 0 amide bonds. The highest BCUT2D eigenvalue weighted by molar-refractivity contribution is 6.26. The molecule has 0 aromatic heterocycles. The zero-order chi connectivity index (χ0) is 54.6. The lowest BCUT2D eigenvalue weighted by Crippen LogP contribution is -2.43. The minimum Gasteiger partial charge on any atom is -0.462 e. The van der Waals surface area contributed by atoms with Crippen LogP contribution in [0.4, 0.5) is 0 Å². The van der Waals surface area contributed by atoms with Crippen LogP contribution < -0.4 is 0 Å². The van der Waals surface area contributed by atoms with Gasteiger partial charge in [-0.15, -0.1) is 23.2 Å². The summed E-state index contributed by atoms with van der Waals surface area (Å²) < 4.78 is 58.0. The number of alkyl halides is 2. The SMILES string of the molecule is O=C(CCl)OCC(O)COCC(O)COCC(O)COC(=O)C(O)C(O)C(=O)OCC(O)COCC(O)COCC(O)COC(=O)C(O)C(O)C(=O)OCC(O)COCC(O)COCC(O)COC(=O)CCl. The van der Waals surface area contributed by atoms with Crippen LogP contribution in [0, 0.1) is 0 Å². The zero-order valence-electron chi connectivity index (χ0n) is 38.6. The van der Waals surface area contributed by atoms with E-state index in [1.165, 1.54) is 0 Å². The van der Waals surface area contributed by atoms with Crippen molar-refractivity contribution in [2.75, 3.05) is 131 Å². The van der Waals surface area contributed by atoms with Crippen molar-refractivity contribution in [2.24, 2.45) is 0 Å². The quantitative estimate of drug-likeness (QED) is 0.0153. The highest BCUT2D eigenvalue weighted by Crippen LogP contribution is 2.05. The van der Waals surface area contributed by atoms with E-state index in [1.807, 2.05) is 0 Å². The van der Waals surface area contributed by atoms with Gasteiger partial charge in [-0.3, -0.25) is 9.59 Å². The van der Waals surface area contributed by atoms with Gasteiger partial charge in [0.2, 0.25) is 0 Å². The van der Waals surface area contributed by atoms with Crippen LogP contribution in [0.3, 0.4) is 0 Å². The number of carbonyl (C=O) groups excluding carboxylic acids is 6. The fourth-order valence-corrected chi connectivity index (χ4v) is 4.65. The van der Waals surface area contributed by atoms with Crippen molar-refractivity contribution in [3.63, 3.8) is 0 Å². The standard InChI is InChI=1S/C39H66Cl2O31/c40-1-30(51)67-15-24(45)9-61-3-21(42)5-63-11-26(47)17-69-36(57)32(53)34(55)38(59)71-19-28(49)13-65-7-23(44)8-66-14-29(50)20-72-39(60)35(56)33(54)37(58)70-18-27(48)12-64-6-22(43)4-62-10-25(46)16-68-31(52)2-41/h21-29,32-35,42-50,53-56H,1-20H2. The van der Waals surface area contributed by atoms with Crippen LogP contribution in [0.15, 0.2) is 0 Å². The second-order valence-corrected chi connectivity index (χ2v) is 15.6. The molecule has 0 aliphatic carbocycles. The van der Waals surface area contributed by atoms with Crippen molar-refractivity contribution in [2.45, 2.75) is 79.4 Å². The molecule has 0 aromatic carbocycles. The van der Waals surface area contributed by atoms with Gasteiger partial charge in [0.1, 0.15) is 106 Å². The average molecular weight is 1100 g/mol. The molecule has 0 aliphatic rings. The summed E-state index contributed by atoms with van der Waals surface area (Å²) in [6.45, 7) is -8.95. The molecule has 0 aliphatic heterocycles. The van der Waals surface area contributed by atoms with Gasteiger partial charge in [-0.2, -0.15) is 0 Å². The average Bonchev–Trinajstić information content (AvgIpc) is 3.35. The van der Waals surface area contributed by atoms with E-state index in [-0.39, 0.29) is 52.9 Å². The van der Waals surface area contributed by atoms with E-state index < -0.39 is 193 Å². The Morgan fingerprint density at radius 1 is 0.250 bits per heavy atom. The monoisotopic (exact) mass is 1100 g/mol. The van der Waals surface area contributed by atoms with E-state index in [1.54, 1.807) is 0 Å². The summed E-state index contributed by atoms with van der Waals surface area (Å²) in [6, 6.07) is 0. The van der Waals surface area contributed by atoms with Crippen LogP contribution in [-0.4, -0.2) is 312 Å². The topological polar surface area (TPSA) is 476 Å². The minimum atomic E-state index is -2.49. The molecule has 0 heterocycles. The third-order valence-electron chi connectivity index (χ3n) is 8.05. The molecule has 0 saturated carbocycles. The van der Waals surface area contributed by atoms with Crippen molar-refractivity contribution in [3.8, 4) is 0 Å². The van der Waals surface area contributed by atoms with Crippen molar-refractivity contribution in [1.82, 2.24) is 0 Å². The van der Waals surface area contributed by atoms with Gasteiger partial charge in [-0.1, -0.05) is 0 Å². The normalized spacial score (nSPS) is 17.0. The third kappa shape index (κ3) is 34.9. The number of aliphatic hydroxyl groups excluding tert-OH is 13. The van der Waals surface area contributed by atoms with Crippen molar-refractivity contribution in [3.05, 3.63) is 0 Å². The first-order valence-electron chi connectivity index (χ1n) is 21.4. The lowest BCUT2D eigenvalue weighted by Gasteiger charge is -2.19. The van der Waals surface area contributed by atoms with Gasteiger partial charge in [-0.25, -0.2) is 19.2 Å². The zero-order valence-corrected chi connectivity index (χ0v) is 40.1. The second-order valence-electron chi connectivity index (χ2n) is 15.0. The molecule has 12 unspecified atom stereocenters. The smallest absolute Gasteiger partial charge is 0.338 e. The highest BCUT2D eigenvalue weighted by Gasteiger charge is 2.35. The maximum Gasteiger partial charge on any atom is 0.338 e. The van der Waals surface area contributed by atoms with Gasteiger partial charge in [0.05, 0.1) is 79.3 Å². The molecule has 72 heavy (non-hydrogen) atoms. The Morgan fingerprint density at radius 2 is 0.389 bits per heavy atom. The van der Waals surface area contributed by atoms with E-state index in [9.17, 15) is 95.2 Å². The van der Waals surface area contributed by atoms with E-state index in [4.69, 9.17) is 51.6 Å². The van der Waals surface area contributed by atoms with Crippen LogP contribution >= 0.6 is 23.2 Å². The molecule has 422 valence electrons. The van der Waals surface area contributed by atoms with E-state index in [0.29, 0.717) is 0 Å². The number of rotatable bonds is 44. The molecule has 0 saturated heterocycles. The molecule has 0 fully saturated rings. The summed E-state index contributed by atoms with van der Waals surface area (Å²) in [7, 11) is 0. The largest absolute Gasteiger partial charge is 0.462 e. The lowest BCUT2D eigenvalue weighted by molar-refractivity contribution is -0.177. The van der Waals surface area contributed by atoms with Crippen LogP contribution in [0.5, 0.6) is 0 Å². The number of ether oxygens (including phenoxy) is 12. The van der Waals surface area contributed by atoms with E-state index in [0.717, 1.165) is 0 Å². The fraction of sp³-hybridized carbons (Fsp3) is 0.846.